The normalized spacial score (nSPS) is 30.8. The fraction of sp³-hybridized carbons (Fsp3) is 0.400. The van der Waals surface area contributed by atoms with Gasteiger partial charge in [-0.15, -0.1) is 0 Å². The molecule has 5 heteroatoms. The molecule has 1 aliphatic heterocycles. The SMILES string of the molecule is N#CC1CC1c1nc2n(n1)[C@H](c1ccccc1)C[C@@H]2F. The molecule has 1 aromatic carbocycles. The number of nitriles is 1. The summed E-state index contributed by atoms with van der Waals surface area (Å²) >= 11 is 0. The summed E-state index contributed by atoms with van der Waals surface area (Å²) in [6, 6.07) is 12.0. The van der Waals surface area contributed by atoms with Crippen molar-refractivity contribution in [2.24, 2.45) is 5.92 Å². The molecule has 1 aromatic heterocycles. The van der Waals surface area contributed by atoms with Gasteiger partial charge in [0.1, 0.15) is 0 Å². The van der Waals surface area contributed by atoms with Crippen molar-refractivity contribution in [3.8, 4) is 6.07 Å². The Balaban J connectivity index is 1.70. The Morgan fingerprint density at radius 2 is 2.05 bits per heavy atom. The molecule has 4 atom stereocenters. The summed E-state index contributed by atoms with van der Waals surface area (Å²) in [6.07, 6.45) is 0.125. The number of halogens is 1. The molecule has 1 saturated carbocycles. The molecule has 0 radical (unpaired) electrons. The molecule has 1 aliphatic carbocycles. The number of nitrogens with zero attached hydrogens (tertiary/aromatic N) is 4. The number of benzene rings is 1. The van der Waals surface area contributed by atoms with E-state index in [4.69, 9.17) is 5.26 Å². The van der Waals surface area contributed by atoms with Crippen LogP contribution in [0.5, 0.6) is 0 Å². The van der Waals surface area contributed by atoms with Crippen LogP contribution in [0, 0.1) is 17.2 Å². The maximum atomic E-state index is 14.1. The van der Waals surface area contributed by atoms with Gasteiger partial charge in [-0.1, -0.05) is 30.3 Å². The van der Waals surface area contributed by atoms with Gasteiger partial charge in [0.05, 0.1) is 18.0 Å². The van der Waals surface area contributed by atoms with E-state index in [2.05, 4.69) is 16.2 Å². The van der Waals surface area contributed by atoms with E-state index in [1.165, 1.54) is 0 Å². The van der Waals surface area contributed by atoms with E-state index in [0.717, 1.165) is 12.0 Å². The van der Waals surface area contributed by atoms with Gasteiger partial charge in [0, 0.05) is 12.3 Å². The topological polar surface area (TPSA) is 54.5 Å². The van der Waals surface area contributed by atoms with E-state index < -0.39 is 6.17 Å². The molecular formula is C15H13FN4. The Morgan fingerprint density at radius 1 is 1.25 bits per heavy atom. The van der Waals surface area contributed by atoms with E-state index in [0.29, 0.717) is 18.1 Å². The van der Waals surface area contributed by atoms with Crippen LogP contribution in [-0.4, -0.2) is 14.8 Å². The van der Waals surface area contributed by atoms with E-state index in [1.807, 2.05) is 30.3 Å². The molecule has 4 nitrogen and oxygen atoms in total. The van der Waals surface area contributed by atoms with E-state index in [1.54, 1.807) is 4.68 Å². The van der Waals surface area contributed by atoms with Gasteiger partial charge in [0.25, 0.3) is 0 Å². The summed E-state index contributed by atoms with van der Waals surface area (Å²) in [4.78, 5) is 4.33. The van der Waals surface area contributed by atoms with Crippen LogP contribution < -0.4 is 0 Å². The van der Waals surface area contributed by atoms with Crippen LogP contribution in [0.4, 0.5) is 4.39 Å². The van der Waals surface area contributed by atoms with Crippen molar-refractivity contribution in [1.29, 1.82) is 5.26 Å². The van der Waals surface area contributed by atoms with E-state index in [-0.39, 0.29) is 17.9 Å². The van der Waals surface area contributed by atoms with Crippen molar-refractivity contribution in [3.63, 3.8) is 0 Å². The number of hydrogen-bond donors (Lipinski definition) is 0. The molecule has 100 valence electrons. The van der Waals surface area contributed by atoms with Gasteiger partial charge < -0.3 is 0 Å². The predicted octanol–water partition coefficient (Wildman–Crippen LogP) is 2.91. The van der Waals surface area contributed by atoms with Crippen molar-refractivity contribution in [2.45, 2.75) is 31.0 Å². The van der Waals surface area contributed by atoms with Gasteiger partial charge in [0.2, 0.25) is 0 Å². The maximum Gasteiger partial charge on any atom is 0.162 e. The lowest BCUT2D eigenvalue weighted by molar-refractivity contribution is 0.328. The van der Waals surface area contributed by atoms with Crippen molar-refractivity contribution in [1.82, 2.24) is 14.8 Å². The van der Waals surface area contributed by atoms with Crippen LogP contribution in [0.15, 0.2) is 30.3 Å². The number of rotatable bonds is 2. The van der Waals surface area contributed by atoms with Crippen molar-refractivity contribution in [3.05, 3.63) is 47.5 Å². The van der Waals surface area contributed by atoms with Crippen LogP contribution >= 0.6 is 0 Å². The first-order chi connectivity index (χ1) is 9.78. The van der Waals surface area contributed by atoms with Gasteiger partial charge in [-0.2, -0.15) is 10.4 Å². The first-order valence-corrected chi connectivity index (χ1v) is 6.83. The predicted molar refractivity (Wildman–Crippen MR) is 69.5 cm³/mol. The van der Waals surface area contributed by atoms with Crippen LogP contribution in [0.25, 0.3) is 0 Å². The Bertz CT molecular complexity index is 688. The van der Waals surface area contributed by atoms with Crippen molar-refractivity contribution >= 4 is 0 Å². The van der Waals surface area contributed by atoms with E-state index in [9.17, 15) is 4.39 Å². The molecule has 2 unspecified atom stereocenters. The molecule has 0 amide bonds. The average molecular weight is 268 g/mol. The minimum absolute atomic E-state index is 0.00589. The molecular weight excluding hydrogens is 255 g/mol. The molecule has 2 heterocycles. The zero-order chi connectivity index (χ0) is 13.7. The Kier molecular flexibility index (Phi) is 2.40. The summed E-state index contributed by atoms with van der Waals surface area (Å²) in [6.45, 7) is 0. The smallest absolute Gasteiger partial charge is 0.162 e. The highest BCUT2D eigenvalue weighted by atomic mass is 19.1. The van der Waals surface area contributed by atoms with Crippen molar-refractivity contribution in [2.75, 3.05) is 0 Å². The molecule has 20 heavy (non-hydrogen) atoms. The highest BCUT2D eigenvalue weighted by molar-refractivity contribution is 5.25. The summed E-state index contributed by atoms with van der Waals surface area (Å²) in [5, 5.41) is 13.4. The lowest BCUT2D eigenvalue weighted by atomic mass is 10.0. The van der Waals surface area contributed by atoms with Crippen LogP contribution in [0.1, 0.15) is 48.2 Å². The standard InChI is InChI=1S/C15H13FN4/c16-12-7-13(9-4-2-1-3-5-9)20-15(12)18-14(19-20)11-6-10(11)8-17/h1-5,10-13H,6-7H2/t10?,11?,12-,13-/m0/s1. The summed E-state index contributed by atoms with van der Waals surface area (Å²) in [5.41, 5.74) is 1.05. The van der Waals surface area contributed by atoms with Gasteiger partial charge in [0.15, 0.2) is 17.8 Å². The molecule has 1 fully saturated rings. The Labute approximate surface area is 115 Å². The lowest BCUT2D eigenvalue weighted by Crippen LogP contribution is -2.07. The third-order valence-electron chi connectivity index (χ3n) is 4.15. The monoisotopic (exact) mass is 268 g/mol. The zero-order valence-electron chi connectivity index (χ0n) is 10.8. The van der Waals surface area contributed by atoms with Crippen LogP contribution in [0.2, 0.25) is 0 Å². The zero-order valence-corrected chi connectivity index (χ0v) is 10.8. The van der Waals surface area contributed by atoms with Gasteiger partial charge >= 0.3 is 0 Å². The van der Waals surface area contributed by atoms with Gasteiger partial charge in [-0.05, 0) is 12.0 Å². The highest BCUT2D eigenvalue weighted by Crippen LogP contribution is 2.47. The molecule has 4 rings (SSSR count). The second-order valence-corrected chi connectivity index (χ2v) is 5.48. The maximum absolute atomic E-state index is 14.1. The highest BCUT2D eigenvalue weighted by Gasteiger charge is 2.44. The minimum Gasteiger partial charge on any atom is -0.239 e. The number of hydrogen-bond acceptors (Lipinski definition) is 3. The van der Waals surface area contributed by atoms with E-state index >= 15 is 0 Å². The second-order valence-electron chi connectivity index (χ2n) is 5.48. The number of aromatic nitrogens is 3. The molecule has 0 N–H and O–H groups in total. The number of fused-ring (bicyclic) bond motifs is 1. The van der Waals surface area contributed by atoms with Crippen LogP contribution in [-0.2, 0) is 0 Å². The van der Waals surface area contributed by atoms with Gasteiger partial charge in [-0.25, -0.2) is 14.1 Å². The Hall–Kier alpha value is -2.22. The van der Waals surface area contributed by atoms with Crippen molar-refractivity contribution < 1.29 is 4.39 Å². The molecule has 0 saturated heterocycles. The summed E-state index contributed by atoms with van der Waals surface area (Å²) < 4.78 is 15.9. The summed E-state index contributed by atoms with van der Waals surface area (Å²) in [5.74, 6) is 1.15. The lowest BCUT2D eigenvalue weighted by Gasteiger charge is -2.11. The number of alkyl halides is 1. The average Bonchev–Trinajstić information content (AvgIpc) is 3.04. The largest absolute Gasteiger partial charge is 0.239 e. The molecule has 2 aliphatic rings. The van der Waals surface area contributed by atoms with Crippen LogP contribution in [0.3, 0.4) is 0 Å². The third kappa shape index (κ3) is 1.64. The second kappa shape index (κ2) is 4.14. The molecule has 0 spiro atoms. The first-order valence-electron chi connectivity index (χ1n) is 6.83. The fourth-order valence-corrected chi connectivity index (χ4v) is 2.93. The third-order valence-corrected chi connectivity index (χ3v) is 4.15. The summed E-state index contributed by atoms with van der Waals surface area (Å²) in [7, 11) is 0. The fourth-order valence-electron chi connectivity index (χ4n) is 2.93. The van der Waals surface area contributed by atoms with Gasteiger partial charge in [-0.3, -0.25) is 0 Å². The molecule has 2 aromatic rings. The first kappa shape index (κ1) is 11.6. The quantitative estimate of drug-likeness (QED) is 0.841. The molecule has 0 bridgehead atoms. The minimum atomic E-state index is -1.07. The Morgan fingerprint density at radius 3 is 2.75 bits per heavy atom.